The molecule has 0 aliphatic rings. The smallest absolute Gasteiger partial charge is 0.264 e. The Morgan fingerprint density at radius 1 is 1.64 bits per heavy atom. The van der Waals surface area contributed by atoms with E-state index in [9.17, 15) is 4.79 Å². The predicted molar refractivity (Wildman–Crippen MR) is 57.3 cm³/mol. The number of hydrogen-bond acceptors (Lipinski definition) is 3. The van der Waals surface area contributed by atoms with Crippen LogP contribution < -0.4 is 5.32 Å². The lowest BCUT2D eigenvalue weighted by Gasteiger charge is -2.05. The minimum Gasteiger partial charge on any atom is -0.338 e. The van der Waals surface area contributed by atoms with E-state index in [4.69, 9.17) is 6.42 Å². The summed E-state index contributed by atoms with van der Waals surface area (Å²) in [5.74, 6) is 2.30. The van der Waals surface area contributed by atoms with E-state index < -0.39 is 0 Å². The van der Waals surface area contributed by atoms with Gasteiger partial charge in [-0.3, -0.25) is 4.79 Å². The van der Waals surface area contributed by atoms with Crippen LogP contribution in [0, 0.1) is 26.2 Å². The Kier molecular flexibility index (Phi) is 3.26. The third-order valence-corrected chi connectivity index (χ3v) is 2.78. The topological polar surface area (TPSA) is 42.0 Å². The van der Waals surface area contributed by atoms with Gasteiger partial charge in [0.25, 0.3) is 5.91 Å². The third kappa shape index (κ3) is 2.33. The molecular formula is C10H12N2OS. The first kappa shape index (κ1) is 10.7. The Morgan fingerprint density at radius 2 is 2.29 bits per heavy atom. The van der Waals surface area contributed by atoms with Crippen LogP contribution >= 0.6 is 11.3 Å². The van der Waals surface area contributed by atoms with E-state index in [2.05, 4.69) is 16.2 Å². The van der Waals surface area contributed by atoms with Crippen molar-refractivity contribution in [1.29, 1.82) is 0 Å². The van der Waals surface area contributed by atoms with E-state index in [0.29, 0.717) is 4.88 Å². The van der Waals surface area contributed by atoms with Crippen molar-refractivity contribution in [2.45, 2.75) is 26.8 Å². The lowest BCUT2D eigenvalue weighted by atomic mass is 10.3. The van der Waals surface area contributed by atoms with Crippen LogP contribution in [0.1, 0.15) is 27.3 Å². The van der Waals surface area contributed by atoms with Crippen molar-refractivity contribution < 1.29 is 4.79 Å². The molecule has 14 heavy (non-hydrogen) atoms. The molecule has 1 amide bonds. The monoisotopic (exact) mass is 208 g/mol. The molecule has 1 aromatic heterocycles. The second-order valence-electron chi connectivity index (χ2n) is 3.01. The number of thiazole rings is 1. The minimum atomic E-state index is -0.246. The molecule has 0 aliphatic carbocycles. The molecule has 1 N–H and O–H groups in total. The third-order valence-electron chi connectivity index (χ3n) is 1.71. The average molecular weight is 208 g/mol. The van der Waals surface area contributed by atoms with Crippen LogP contribution in [0.15, 0.2) is 0 Å². The van der Waals surface area contributed by atoms with Gasteiger partial charge in [0.15, 0.2) is 0 Å². The van der Waals surface area contributed by atoms with Crippen LogP contribution in [0.3, 0.4) is 0 Å². The molecule has 0 aromatic carbocycles. The van der Waals surface area contributed by atoms with Gasteiger partial charge in [-0.15, -0.1) is 17.8 Å². The maximum Gasteiger partial charge on any atom is 0.264 e. The first-order valence-corrected chi connectivity index (χ1v) is 5.07. The van der Waals surface area contributed by atoms with Crippen molar-refractivity contribution >= 4 is 17.2 Å². The van der Waals surface area contributed by atoms with Crippen LogP contribution in [-0.2, 0) is 0 Å². The highest BCUT2D eigenvalue weighted by molar-refractivity contribution is 7.13. The van der Waals surface area contributed by atoms with Crippen LogP contribution in [-0.4, -0.2) is 16.9 Å². The number of terminal acetylenes is 1. The fraction of sp³-hybridized carbons (Fsp3) is 0.400. The normalized spacial score (nSPS) is 11.9. The van der Waals surface area contributed by atoms with Gasteiger partial charge in [-0.2, -0.15) is 0 Å². The number of nitrogens with zero attached hydrogens (tertiary/aromatic N) is 1. The molecule has 4 heteroatoms. The summed E-state index contributed by atoms with van der Waals surface area (Å²) >= 11 is 1.38. The molecule has 3 nitrogen and oxygen atoms in total. The summed E-state index contributed by atoms with van der Waals surface area (Å²) in [6, 6.07) is -0.246. The van der Waals surface area contributed by atoms with Crippen LogP contribution in [0.4, 0.5) is 0 Å². The maximum atomic E-state index is 11.6. The number of nitrogens with one attached hydrogen (secondary N) is 1. The van der Waals surface area contributed by atoms with E-state index in [1.165, 1.54) is 11.3 Å². The van der Waals surface area contributed by atoms with Gasteiger partial charge in [0, 0.05) is 0 Å². The van der Waals surface area contributed by atoms with E-state index in [-0.39, 0.29) is 11.9 Å². The summed E-state index contributed by atoms with van der Waals surface area (Å²) in [6.45, 7) is 5.46. The van der Waals surface area contributed by atoms with Crippen molar-refractivity contribution in [3.8, 4) is 12.3 Å². The number of aryl methyl sites for hydroxylation is 2. The molecule has 0 aliphatic heterocycles. The number of aromatic nitrogens is 1. The highest BCUT2D eigenvalue weighted by atomic mass is 32.1. The van der Waals surface area contributed by atoms with Gasteiger partial charge in [-0.25, -0.2) is 4.98 Å². The average Bonchev–Trinajstić information content (AvgIpc) is 2.45. The standard InChI is InChI=1S/C10H12N2OS/c1-5-6(2)11-10(13)9-7(3)12-8(4)14-9/h1,6H,2-4H3,(H,11,13). The molecule has 0 saturated carbocycles. The van der Waals surface area contributed by atoms with Crippen LogP contribution in [0.25, 0.3) is 0 Å². The van der Waals surface area contributed by atoms with E-state index in [1.54, 1.807) is 6.92 Å². The summed E-state index contributed by atoms with van der Waals surface area (Å²) in [7, 11) is 0. The molecule has 1 aromatic rings. The minimum absolute atomic E-state index is 0.140. The summed E-state index contributed by atoms with van der Waals surface area (Å²) in [4.78, 5) is 16.4. The van der Waals surface area contributed by atoms with Crippen molar-refractivity contribution in [3.63, 3.8) is 0 Å². The van der Waals surface area contributed by atoms with Crippen molar-refractivity contribution in [1.82, 2.24) is 10.3 Å². The Labute approximate surface area is 87.6 Å². The van der Waals surface area contributed by atoms with Crippen molar-refractivity contribution in [2.75, 3.05) is 0 Å². The van der Waals surface area contributed by atoms with E-state index in [0.717, 1.165) is 10.7 Å². The first-order valence-electron chi connectivity index (χ1n) is 4.25. The largest absolute Gasteiger partial charge is 0.338 e. The lowest BCUT2D eigenvalue weighted by molar-refractivity contribution is 0.0951. The number of carbonyl (C=O) groups is 1. The molecule has 1 rings (SSSR count). The highest BCUT2D eigenvalue weighted by Gasteiger charge is 2.14. The molecule has 0 radical (unpaired) electrons. The second-order valence-corrected chi connectivity index (χ2v) is 4.21. The Morgan fingerprint density at radius 3 is 2.71 bits per heavy atom. The fourth-order valence-corrected chi connectivity index (χ4v) is 1.87. The zero-order valence-electron chi connectivity index (χ0n) is 8.42. The SMILES string of the molecule is C#CC(C)NC(=O)c1sc(C)nc1C. The molecular weight excluding hydrogens is 196 g/mol. The molecule has 0 fully saturated rings. The molecule has 1 unspecified atom stereocenters. The summed E-state index contributed by atoms with van der Waals surface area (Å²) in [5.41, 5.74) is 0.759. The van der Waals surface area contributed by atoms with Gasteiger partial charge < -0.3 is 5.32 Å². The van der Waals surface area contributed by atoms with E-state index in [1.807, 2.05) is 13.8 Å². The lowest BCUT2D eigenvalue weighted by Crippen LogP contribution is -2.31. The maximum absolute atomic E-state index is 11.6. The first-order chi connectivity index (χ1) is 6.54. The quantitative estimate of drug-likeness (QED) is 0.749. The molecule has 0 bridgehead atoms. The van der Waals surface area contributed by atoms with Gasteiger partial charge in [-0.05, 0) is 20.8 Å². The zero-order chi connectivity index (χ0) is 10.7. The molecule has 0 spiro atoms. The fourth-order valence-electron chi connectivity index (χ4n) is 1.05. The zero-order valence-corrected chi connectivity index (χ0v) is 9.23. The Balaban J connectivity index is 2.80. The molecule has 0 saturated heterocycles. The number of amides is 1. The number of rotatable bonds is 2. The summed E-state index contributed by atoms with van der Waals surface area (Å²) in [5, 5.41) is 3.59. The highest BCUT2D eigenvalue weighted by Crippen LogP contribution is 2.16. The van der Waals surface area contributed by atoms with Gasteiger partial charge in [0.2, 0.25) is 0 Å². The Bertz CT molecular complexity index is 389. The predicted octanol–water partition coefficient (Wildman–Crippen LogP) is 1.51. The summed E-state index contributed by atoms with van der Waals surface area (Å²) < 4.78 is 0. The molecule has 1 atom stereocenters. The van der Waals surface area contributed by atoms with Crippen LogP contribution in [0.2, 0.25) is 0 Å². The Hall–Kier alpha value is -1.34. The van der Waals surface area contributed by atoms with Crippen molar-refractivity contribution in [2.24, 2.45) is 0 Å². The van der Waals surface area contributed by atoms with Gasteiger partial charge in [0.1, 0.15) is 4.88 Å². The number of carbonyl (C=O) groups excluding carboxylic acids is 1. The van der Waals surface area contributed by atoms with Crippen molar-refractivity contribution in [3.05, 3.63) is 15.6 Å². The van der Waals surface area contributed by atoms with Gasteiger partial charge in [-0.1, -0.05) is 5.92 Å². The van der Waals surface area contributed by atoms with Gasteiger partial charge in [0.05, 0.1) is 16.7 Å². The molecule has 74 valence electrons. The second kappa shape index (κ2) is 4.25. The molecule has 1 heterocycles. The summed E-state index contributed by atoms with van der Waals surface area (Å²) in [6.07, 6.45) is 5.16. The number of hydrogen-bond donors (Lipinski definition) is 1. The van der Waals surface area contributed by atoms with Gasteiger partial charge >= 0.3 is 0 Å². The van der Waals surface area contributed by atoms with E-state index >= 15 is 0 Å². The van der Waals surface area contributed by atoms with Crippen LogP contribution in [0.5, 0.6) is 0 Å².